The van der Waals surface area contributed by atoms with Gasteiger partial charge in [-0.2, -0.15) is 0 Å². The molecule has 2 atom stereocenters. The molecule has 2 heterocycles. The second-order valence-electron chi connectivity index (χ2n) is 6.30. The van der Waals surface area contributed by atoms with E-state index in [1.807, 2.05) is 19.9 Å². The highest BCUT2D eigenvalue weighted by atomic mass is 32.2. The van der Waals surface area contributed by atoms with E-state index in [4.69, 9.17) is 11.5 Å². The van der Waals surface area contributed by atoms with Crippen molar-refractivity contribution in [3.63, 3.8) is 0 Å². The maximum absolute atomic E-state index is 11.9. The van der Waals surface area contributed by atoms with Crippen LogP contribution in [-0.2, 0) is 14.4 Å². The Morgan fingerprint density at radius 3 is 2.56 bits per heavy atom. The number of quaternary nitrogens is 1. The summed E-state index contributed by atoms with van der Waals surface area (Å²) in [7, 11) is 0. The highest BCUT2D eigenvalue weighted by Crippen LogP contribution is 2.39. The Labute approximate surface area is 151 Å². The zero-order chi connectivity index (χ0) is 18.8. The van der Waals surface area contributed by atoms with Crippen LogP contribution in [0, 0.1) is 0 Å². The smallest absolute Gasteiger partial charge is 0.352 e. The molecule has 138 valence electrons. The molecule has 0 radical (unpaired) electrons. The Morgan fingerprint density at radius 2 is 2.04 bits per heavy atom. The first-order valence-electron chi connectivity index (χ1n) is 8.23. The van der Waals surface area contributed by atoms with Crippen molar-refractivity contribution in [2.75, 3.05) is 31.9 Å². The average Bonchev–Trinajstić information content (AvgIpc) is 2.58. The molecule has 0 spiro atoms. The average molecular weight is 369 g/mol. The van der Waals surface area contributed by atoms with Crippen molar-refractivity contribution in [3.05, 3.63) is 23.4 Å². The number of nitrogens with two attached hydrogens (primary N) is 2. The molecule has 9 heteroatoms. The fraction of sp³-hybridized carbons (Fsp3) is 0.562. The predicted octanol–water partition coefficient (Wildman–Crippen LogP) is -0.534. The van der Waals surface area contributed by atoms with E-state index in [1.165, 1.54) is 16.7 Å². The number of likely N-dealkylation sites (N-methyl/N-ethyl adjacent to an activating group) is 1. The lowest BCUT2D eigenvalue weighted by molar-refractivity contribution is -0.911. The number of aliphatic carboxylic acids is 1. The van der Waals surface area contributed by atoms with Gasteiger partial charge < -0.3 is 21.1 Å². The minimum atomic E-state index is -1.13. The molecule has 0 saturated carbocycles. The monoisotopic (exact) mass is 369 g/mol. The quantitative estimate of drug-likeness (QED) is 0.390. The number of primary amides is 1. The molecule has 1 saturated heterocycles. The van der Waals surface area contributed by atoms with Crippen LogP contribution in [0.3, 0.4) is 0 Å². The van der Waals surface area contributed by atoms with Crippen LogP contribution in [-0.4, -0.2) is 75.6 Å². The molecule has 2 aliphatic heterocycles. The molecule has 5 N–H and O–H groups in total. The van der Waals surface area contributed by atoms with E-state index in [2.05, 4.69) is 0 Å². The summed E-state index contributed by atoms with van der Waals surface area (Å²) < 4.78 is 0.505. The largest absolute Gasteiger partial charge is 0.477 e. The second kappa shape index (κ2) is 7.59. The van der Waals surface area contributed by atoms with Crippen molar-refractivity contribution in [2.24, 2.45) is 11.5 Å². The number of thioether (sulfide) groups is 1. The van der Waals surface area contributed by atoms with Crippen LogP contribution in [0.2, 0.25) is 0 Å². The highest BCUT2D eigenvalue weighted by molar-refractivity contribution is 8.00. The summed E-state index contributed by atoms with van der Waals surface area (Å²) in [6.45, 7) is 6.26. The molecular formula is C16H25N4O4S+. The standard InChI is InChI=1S/C16H24N4O4S/c1-3-20(4-2,8-11(17)21)7-5-6-10-9-25-15-12(18)14(22)19(15)13(10)16(23)24/h5-6,12,15H,3-4,7-9,18H2,1-2H3,(H2-,17,21,23,24)/p+1/b6-5+/t12-,15-/m1/s1. The molecule has 0 unspecified atom stereocenters. The molecule has 1 fully saturated rings. The van der Waals surface area contributed by atoms with Gasteiger partial charge in [0, 0.05) is 5.75 Å². The van der Waals surface area contributed by atoms with E-state index < -0.39 is 12.0 Å². The van der Waals surface area contributed by atoms with Gasteiger partial charge in [0.25, 0.3) is 5.91 Å². The number of β-lactam (4-membered cyclic amide) rings is 1. The Balaban J connectivity index is 2.21. The predicted molar refractivity (Wildman–Crippen MR) is 95.1 cm³/mol. The molecule has 0 aromatic heterocycles. The van der Waals surface area contributed by atoms with Crippen LogP contribution in [0.1, 0.15) is 13.8 Å². The minimum Gasteiger partial charge on any atom is -0.477 e. The number of carboxylic acids is 1. The van der Waals surface area contributed by atoms with E-state index >= 15 is 0 Å². The summed E-state index contributed by atoms with van der Waals surface area (Å²) in [6, 6.07) is -0.634. The molecule has 0 bridgehead atoms. The van der Waals surface area contributed by atoms with Gasteiger partial charge in [0.15, 0.2) is 6.54 Å². The molecule has 2 amide bonds. The molecule has 25 heavy (non-hydrogen) atoms. The van der Waals surface area contributed by atoms with Crippen molar-refractivity contribution in [3.8, 4) is 0 Å². The van der Waals surface area contributed by atoms with E-state index in [9.17, 15) is 19.5 Å². The number of carboxylic acid groups (broad SMARTS) is 1. The van der Waals surface area contributed by atoms with E-state index in [1.54, 1.807) is 6.08 Å². The van der Waals surface area contributed by atoms with Gasteiger partial charge in [-0.3, -0.25) is 14.5 Å². The third-order valence-corrected chi connectivity index (χ3v) is 6.21. The van der Waals surface area contributed by atoms with Crippen molar-refractivity contribution in [1.29, 1.82) is 0 Å². The Bertz CT molecular complexity index is 642. The van der Waals surface area contributed by atoms with Gasteiger partial charge in [-0.15, -0.1) is 11.8 Å². The Hall–Kier alpha value is -1.84. The van der Waals surface area contributed by atoms with Gasteiger partial charge >= 0.3 is 5.97 Å². The van der Waals surface area contributed by atoms with Crippen molar-refractivity contribution in [2.45, 2.75) is 25.3 Å². The molecular weight excluding hydrogens is 344 g/mol. The van der Waals surface area contributed by atoms with Crippen molar-refractivity contribution in [1.82, 2.24) is 4.90 Å². The lowest BCUT2D eigenvalue weighted by Gasteiger charge is -2.47. The zero-order valence-electron chi connectivity index (χ0n) is 14.5. The maximum atomic E-state index is 11.9. The molecule has 0 aromatic carbocycles. The summed E-state index contributed by atoms with van der Waals surface area (Å²) in [5.74, 6) is -1.37. The first-order chi connectivity index (χ1) is 11.8. The lowest BCUT2D eigenvalue weighted by Crippen LogP contribution is -2.68. The summed E-state index contributed by atoms with van der Waals surface area (Å²) in [5, 5.41) is 9.21. The summed E-state index contributed by atoms with van der Waals surface area (Å²) in [4.78, 5) is 36.1. The van der Waals surface area contributed by atoms with Crippen LogP contribution in [0.25, 0.3) is 0 Å². The second-order valence-corrected chi connectivity index (χ2v) is 7.40. The third-order valence-electron chi connectivity index (χ3n) is 4.89. The molecule has 8 nitrogen and oxygen atoms in total. The number of nitrogens with zero attached hydrogens (tertiary/aromatic N) is 2. The number of carbonyl (C=O) groups excluding carboxylic acids is 2. The summed E-state index contributed by atoms with van der Waals surface area (Å²) in [6.07, 6.45) is 3.60. The molecule has 2 aliphatic rings. The van der Waals surface area contributed by atoms with Gasteiger partial charge in [0.05, 0.1) is 19.6 Å². The third kappa shape index (κ3) is 3.73. The summed E-state index contributed by atoms with van der Waals surface area (Å²) in [5.41, 5.74) is 11.7. The van der Waals surface area contributed by atoms with E-state index in [0.29, 0.717) is 22.4 Å². The minimum absolute atomic E-state index is 0.00713. The van der Waals surface area contributed by atoms with E-state index in [-0.39, 0.29) is 29.4 Å². The van der Waals surface area contributed by atoms with Gasteiger partial charge in [0.1, 0.15) is 17.1 Å². The molecule has 2 rings (SSSR count). The number of hydrogen-bond acceptors (Lipinski definition) is 5. The zero-order valence-corrected chi connectivity index (χ0v) is 15.3. The van der Waals surface area contributed by atoms with Gasteiger partial charge in [-0.05, 0) is 25.5 Å². The number of fused-ring (bicyclic) bond motifs is 1. The van der Waals surface area contributed by atoms with Gasteiger partial charge in [-0.1, -0.05) is 6.08 Å². The number of hydrogen-bond donors (Lipinski definition) is 3. The van der Waals surface area contributed by atoms with Gasteiger partial charge in [-0.25, -0.2) is 4.79 Å². The van der Waals surface area contributed by atoms with E-state index in [0.717, 1.165) is 13.1 Å². The van der Waals surface area contributed by atoms with Crippen LogP contribution >= 0.6 is 11.8 Å². The van der Waals surface area contributed by atoms with Crippen LogP contribution < -0.4 is 11.5 Å². The van der Waals surface area contributed by atoms with Crippen molar-refractivity contribution < 1.29 is 24.0 Å². The Kier molecular flexibility index (Phi) is 5.91. The fourth-order valence-electron chi connectivity index (χ4n) is 3.19. The number of amides is 2. The normalized spacial score (nSPS) is 23.6. The van der Waals surface area contributed by atoms with Crippen molar-refractivity contribution >= 4 is 29.5 Å². The first kappa shape index (κ1) is 19.5. The molecule has 0 aliphatic carbocycles. The SMILES string of the molecule is CC[N+](CC)(C/C=C/C1=C(C(=O)O)N2C(=O)[C@@H](N)[C@H]2SC1)CC(N)=O. The summed E-state index contributed by atoms with van der Waals surface area (Å²) >= 11 is 1.46. The topological polar surface area (TPSA) is 127 Å². The van der Waals surface area contributed by atoms with Crippen LogP contribution in [0.15, 0.2) is 23.4 Å². The van der Waals surface area contributed by atoms with Gasteiger partial charge in [0.2, 0.25) is 5.91 Å². The lowest BCUT2D eigenvalue weighted by atomic mass is 10.0. The van der Waals surface area contributed by atoms with Crippen LogP contribution in [0.5, 0.6) is 0 Å². The number of carbonyl (C=O) groups is 3. The van der Waals surface area contributed by atoms with Crippen LogP contribution in [0.4, 0.5) is 0 Å². The first-order valence-corrected chi connectivity index (χ1v) is 9.28. The molecule has 0 aromatic rings. The fourth-order valence-corrected chi connectivity index (χ4v) is 4.45. The highest BCUT2D eigenvalue weighted by Gasteiger charge is 2.51. The maximum Gasteiger partial charge on any atom is 0.352 e. The number of rotatable bonds is 8. The Morgan fingerprint density at radius 1 is 1.40 bits per heavy atom. The number of allylic oxidation sites excluding steroid dienone is 1.